The van der Waals surface area contributed by atoms with E-state index in [-0.39, 0.29) is 31.3 Å². The topological polar surface area (TPSA) is 93.2 Å². The lowest BCUT2D eigenvalue weighted by Gasteiger charge is -2.42. The van der Waals surface area contributed by atoms with Crippen LogP contribution in [0.5, 0.6) is 0 Å². The van der Waals surface area contributed by atoms with Crippen molar-refractivity contribution in [3.63, 3.8) is 0 Å². The molecule has 1 saturated heterocycles. The minimum absolute atomic E-state index is 0.00394. The highest BCUT2D eigenvalue weighted by atomic mass is 16.7. The minimum atomic E-state index is -0.549. The van der Waals surface area contributed by atoms with Crippen molar-refractivity contribution in [2.45, 2.75) is 45.0 Å². The molecule has 8 nitrogen and oxygen atoms in total. The molecular weight excluding hydrogens is 506 g/mol. The van der Waals surface area contributed by atoms with Gasteiger partial charge in [0.05, 0.1) is 18.8 Å². The molecule has 2 N–H and O–H groups in total. The summed E-state index contributed by atoms with van der Waals surface area (Å²) in [6.45, 7) is 7.84. The number of aliphatic hydroxyl groups is 1. The Bertz CT molecular complexity index is 1200. The van der Waals surface area contributed by atoms with E-state index in [1.165, 1.54) is 6.08 Å². The van der Waals surface area contributed by atoms with E-state index in [1.54, 1.807) is 0 Å². The van der Waals surface area contributed by atoms with Gasteiger partial charge in [-0.1, -0.05) is 74.2 Å². The van der Waals surface area contributed by atoms with Gasteiger partial charge in [0.1, 0.15) is 6.61 Å². The van der Waals surface area contributed by atoms with E-state index in [0.29, 0.717) is 6.54 Å². The summed E-state index contributed by atoms with van der Waals surface area (Å²) in [4.78, 5) is 18.5. The molecule has 0 bridgehead atoms. The number of aliphatic hydroxyl groups excluding tert-OH is 1. The molecule has 1 aliphatic rings. The molecular formula is C32H39N3O5. The maximum Gasteiger partial charge on any atom is 0.407 e. The summed E-state index contributed by atoms with van der Waals surface area (Å²) >= 11 is 0. The fourth-order valence-electron chi connectivity index (χ4n) is 4.73. The molecule has 2 aromatic carbocycles. The first kappa shape index (κ1) is 29.4. The second-order valence-corrected chi connectivity index (χ2v) is 10.1. The lowest BCUT2D eigenvalue weighted by atomic mass is 9.90. The molecule has 0 unspecified atom stereocenters. The largest absolute Gasteiger partial charge is 0.445 e. The van der Waals surface area contributed by atoms with Crippen LogP contribution in [0, 0.1) is 5.92 Å². The van der Waals surface area contributed by atoms with E-state index in [9.17, 15) is 9.90 Å². The second-order valence-electron chi connectivity index (χ2n) is 10.1. The Hall–Kier alpha value is -3.56. The van der Waals surface area contributed by atoms with Gasteiger partial charge in [-0.25, -0.2) is 4.79 Å². The molecule has 0 radical (unpaired) electrons. The zero-order valence-electron chi connectivity index (χ0n) is 23.2. The van der Waals surface area contributed by atoms with Gasteiger partial charge in [-0.05, 0) is 35.9 Å². The summed E-state index contributed by atoms with van der Waals surface area (Å²) in [5, 5.41) is 12.2. The van der Waals surface area contributed by atoms with Gasteiger partial charge >= 0.3 is 6.09 Å². The van der Waals surface area contributed by atoms with E-state index in [2.05, 4.69) is 35.8 Å². The lowest BCUT2D eigenvalue weighted by molar-refractivity contribution is -0.275. The first-order valence-electron chi connectivity index (χ1n) is 13.7. The molecule has 212 valence electrons. The predicted molar refractivity (Wildman–Crippen MR) is 153 cm³/mol. The van der Waals surface area contributed by atoms with Crippen LogP contribution in [0.3, 0.4) is 0 Å². The van der Waals surface area contributed by atoms with E-state index in [0.717, 1.165) is 47.5 Å². The molecule has 1 aromatic heterocycles. The maximum absolute atomic E-state index is 11.7. The molecule has 3 aromatic rings. The van der Waals surface area contributed by atoms with Crippen molar-refractivity contribution in [3.05, 3.63) is 114 Å². The standard InChI is InChI=1S/C32H39N3O5/c1-4-19-38-32(37)34-20-24-8-14-27(15-9-24)31-39-29(21-35(3)18-16-28-7-5-6-17-33-28)23(2)30(40-31)26-12-10-25(22-36)11-13-26/h4-15,17,23,29-31,36H,1,16,18-22H2,2-3H3,(H,34,37)/t23-,29+,30+,31+/m1/s1. The second kappa shape index (κ2) is 14.7. The summed E-state index contributed by atoms with van der Waals surface area (Å²) in [6, 6.07) is 21.8. The van der Waals surface area contributed by atoms with Gasteiger partial charge in [-0.3, -0.25) is 4.98 Å². The van der Waals surface area contributed by atoms with Crippen LogP contribution in [-0.2, 0) is 33.8 Å². The Balaban J connectivity index is 1.46. The summed E-state index contributed by atoms with van der Waals surface area (Å²) < 4.78 is 18.1. The van der Waals surface area contributed by atoms with Crippen LogP contribution in [0.15, 0.2) is 85.6 Å². The van der Waals surface area contributed by atoms with Gasteiger partial charge in [0.2, 0.25) is 0 Å². The zero-order valence-corrected chi connectivity index (χ0v) is 23.2. The fraction of sp³-hybridized carbons (Fsp3) is 0.375. The van der Waals surface area contributed by atoms with Gasteiger partial charge in [-0.2, -0.15) is 0 Å². The van der Waals surface area contributed by atoms with E-state index in [4.69, 9.17) is 14.2 Å². The number of nitrogens with zero attached hydrogens (tertiary/aromatic N) is 2. The van der Waals surface area contributed by atoms with E-state index in [1.807, 2.05) is 72.9 Å². The number of likely N-dealkylation sites (N-methyl/N-ethyl adjacent to an activating group) is 1. The number of nitrogens with one attached hydrogen (secondary N) is 1. The lowest BCUT2D eigenvalue weighted by Crippen LogP contribution is -2.43. The van der Waals surface area contributed by atoms with Gasteiger partial charge in [0, 0.05) is 49.4 Å². The molecule has 4 rings (SSSR count). The van der Waals surface area contributed by atoms with Crippen LogP contribution in [0.1, 0.15) is 47.3 Å². The molecule has 1 aliphatic heterocycles. The first-order valence-corrected chi connectivity index (χ1v) is 13.7. The van der Waals surface area contributed by atoms with Gasteiger partial charge in [0.25, 0.3) is 0 Å². The van der Waals surface area contributed by atoms with Crippen LogP contribution in [-0.4, -0.2) is 53.9 Å². The maximum atomic E-state index is 11.7. The number of hydrogen-bond donors (Lipinski definition) is 2. The summed E-state index contributed by atoms with van der Waals surface area (Å²) in [5.41, 5.74) is 4.83. The molecule has 8 heteroatoms. The van der Waals surface area contributed by atoms with Crippen molar-refractivity contribution in [1.82, 2.24) is 15.2 Å². The van der Waals surface area contributed by atoms with Crippen molar-refractivity contribution in [3.8, 4) is 0 Å². The third-order valence-corrected chi connectivity index (χ3v) is 7.11. The monoisotopic (exact) mass is 545 g/mol. The van der Waals surface area contributed by atoms with Gasteiger partial charge in [0.15, 0.2) is 6.29 Å². The van der Waals surface area contributed by atoms with E-state index < -0.39 is 12.4 Å². The van der Waals surface area contributed by atoms with Gasteiger partial charge in [-0.15, -0.1) is 0 Å². The van der Waals surface area contributed by atoms with Crippen molar-refractivity contribution in [2.24, 2.45) is 5.92 Å². The molecule has 0 saturated carbocycles. The highest BCUT2D eigenvalue weighted by Gasteiger charge is 2.38. The van der Waals surface area contributed by atoms with Crippen LogP contribution in [0.2, 0.25) is 0 Å². The van der Waals surface area contributed by atoms with Crippen molar-refractivity contribution in [1.29, 1.82) is 0 Å². The number of rotatable bonds is 12. The quantitative estimate of drug-likeness (QED) is 0.311. The molecule has 0 aliphatic carbocycles. The highest BCUT2D eigenvalue weighted by Crippen LogP contribution is 2.41. The Morgan fingerprint density at radius 1 is 1.07 bits per heavy atom. The summed E-state index contributed by atoms with van der Waals surface area (Å²) in [5.74, 6) is 0.0959. The smallest absolute Gasteiger partial charge is 0.407 e. The number of benzene rings is 2. The SMILES string of the molecule is C=CCOC(=O)NCc1ccc([C@H]2O[C@@H](CN(C)CCc3ccccn3)[C@@H](C)[C@@H](c3ccc(CO)cc3)O2)cc1. The number of carbonyl (C=O) groups is 1. The molecule has 1 amide bonds. The van der Waals surface area contributed by atoms with Crippen LogP contribution < -0.4 is 5.32 Å². The summed E-state index contributed by atoms with van der Waals surface area (Å²) in [6.07, 6.45) is 2.93. The summed E-state index contributed by atoms with van der Waals surface area (Å²) in [7, 11) is 2.11. The average molecular weight is 546 g/mol. The molecule has 0 spiro atoms. The van der Waals surface area contributed by atoms with Gasteiger partial charge < -0.3 is 29.5 Å². The average Bonchev–Trinajstić information content (AvgIpc) is 3.00. The van der Waals surface area contributed by atoms with Crippen molar-refractivity contribution in [2.75, 3.05) is 26.7 Å². The fourth-order valence-corrected chi connectivity index (χ4v) is 4.73. The van der Waals surface area contributed by atoms with Crippen molar-refractivity contribution >= 4 is 6.09 Å². The minimum Gasteiger partial charge on any atom is -0.445 e. The highest BCUT2D eigenvalue weighted by molar-refractivity contribution is 5.67. The van der Waals surface area contributed by atoms with Crippen LogP contribution in [0.4, 0.5) is 4.79 Å². The van der Waals surface area contributed by atoms with E-state index >= 15 is 0 Å². The zero-order chi connectivity index (χ0) is 28.3. The third kappa shape index (κ3) is 8.22. The predicted octanol–water partition coefficient (Wildman–Crippen LogP) is 4.95. The molecule has 1 fully saturated rings. The van der Waals surface area contributed by atoms with Crippen LogP contribution >= 0.6 is 0 Å². The van der Waals surface area contributed by atoms with Crippen LogP contribution in [0.25, 0.3) is 0 Å². The number of hydrogen-bond acceptors (Lipinski definition) is 7. The number of ether oxygens (including phenoxy) is 3. The Morgan fingerprint density at radius 2 is 1.80 bits per heavy atom. The Kier molecular flexibility index (Phi) is 10.8. The third-order valence-electron chi connectivity index (χ3n) is 7.11. The number of alkyl carbamates (subject to hydrolysis) is 1. The molecule has 4 atom stereocenters. The Labute approximate surface area is 236 Å². The Morgan fingerprint density at radius 3 is 2.48 bits per heavy atom. The number of carbonyl (C=O) groups excluding carboxylic acids is 1. The first-order chi connectivity index (χ1) is 19.5. The number of pyridine rings is 1. The number of amides is 1. The number of aromatic nitrogens is 1. The van der Waals surface area contributed by atoms with Crippen molar-refractivity contribution < 1.29 is 24.1 Å². The molecule has 2 heterocycles. The molecule has 40 heavy (non-hydrogen) atoms. The normalized spacial score (nSPS) is 20.7.